The summed E-state index contributed by atoms with van der Waals surface area (Å²) in [6.45, 7) is 7.59. The molecule has 0 aliphatic heterocycles. The van der Waals surface area contributed by atoms with Gasteiger partial charge in [-0.15, -0.1) is 0 Å². The van der Waals surface area contributed by atoms with Crippen LogP contribution in [0.1, 0.15) is 54.9 Å². The third kappa shape index (κ3) is 3.33. The molecule has 1 unspecified atom stereocenters. The highest BCUT2D eigenvalue weighted by atomic mass is 16.4. The molecule has 2 N–H and O–H groups in total. The molecule has 1 atom stereocenters. The van der Waals surface area contributed by atoms with Crippen molar-refractivity contribution in [3.63, 3.8) is 0 Å². The standard InChI is InChI=1S/C13H21N3O3/c1-7(2)11-9(4)12(15-14-11)13(19)16(5)8(3)6-10(17)18/h7-8H,6H2,1-5H3,(H,14,15)(H,17,18). The van der Waals surface area contributed by atoms with Crippen molar-refractivity contribution in [2.24, 2.45) is 0 Å². The monoisotopic (exact) mass is 267 g/mol. The van der Waals surface area contributed by atoms with Gasteiger partial charge in [0.1, 0.15) is 0 Å². The zero-order valence-electron chi connectivity index (χ0n) is 12.0. The Morgan fingerprint density at radius 3 is 2.37 bits per heavy atom. The smallest absolute Gasteiger partial charge is 0.305 e. The summed E-state index contributed by atoms with van der Waals surface area (Å²) in [7, 11) is 1.60. The van der Waals surface area contributed by atoms with Crippen LogP contribution >= 0.6 is 0 Å². The van der Waals surface area contributed by atoms with Crippen LogP contribution in [-0.4, -0.2) is 45.2 Å². The van der Waals surface area contributed by atoms with Gasteiger partial charge in [0.15, 0.2) is 5.69 Å². The molecular formula is C13H21N3O3. The zero-order valence-corrected chi connectivity index (χ0v) is 12.0. The average Bonchev–Trinajstić information content (AvgIpc) is 2.68. The number of aliphatic carboxylic acids is 1. The van der Waals surface area contributed by atoms with Crippen LogP contribution in [0.2, 0.25) is 0 Å². The Bertz CT molecular complexity index is 479. The Labute approximate surface area is 112 Å². The molecule has 0 spiro atoms. The SMILES string of the molecule is Cc1c(C(=O)N(C)C(C)CC(=O)O)n[nH]c1C(C)C. The van der Waals surface area contributed by atoms with Crippen LogP contribution in [0.25, 0.3) is 0 Å². The average molecular weight is 267 g/mol. The number of hydrogen-bond acceptors (Lipinski definition) is 3. The Kier molecular flexibility index (Phi) is 4.69. The lowest BCUT2D eigenvalue weighted by Crippen LogP contribution is -2.37. The number of carbonyl (C=O) groups excluding carboxylic acids is 1. The lowest BCUT2D eigenvalue weighted by atomic mass is 10.0. The van der Waals surface area contributed by atoms with Crippen LogP contribution in [-0.2, 0) is 4.79 Å². The molecule has 0 fully saturated rings. The number of nitrogens with zero attached hydrogens (tertiary/aromatic N) is 2. The van der Waals surface area contributed by atoms with E-state index in [0.717, 1.165) is 11.3 Å². The van der Waals surface area contributed by atoms with E-state index in [1.165, 1.54) is 4.90 Å². The third-order valence-electron chi connectivity index (χ3n) is 3.28. The Hall–Kier alpha value is -1.85. The number of aromatic amines is 1. The van der Waals surface area contributed by atoms with Crippen LogP contribution in [0.5, 0.6) is 0 Å². The molecule has 0 aliphatic rings. The molecule has 106 valence electrons. The molecule has 1 amide bonds. The molecule has 6 nitrogen and oxygen atoms in total. The van der Waals surface area contributed by atoms with Crippen molar-refractivity contribution in [2.45, 2.75) is 46.1 Å². The Morgan fingerprint density at radius 1 is 1.37 bits per heavy atom. The molecule has 1 heterocycles. The van der Waals surface area contributed by atoms with Crippen LogP contribution in [0.3, 0.4) is 0 Å². The van der Waals surface area contributed by atoms with E-state index in [1.54, 1.807) is 14.0 Å². The maximum absolute atomic E-state index is 12.3. The molecule has 1 aromatic rings. The highest BCUT2D eigenvalue weighted by molar-refractivity contribution is 5.94. The van der Waals surface area contributed by atoms with Gasteiger partial charge in [0.25, 0.3) is 5.91 Å². The topological polar surface area (TPSA) is 86.3 Å². The van der Waals surface area contributed by atoms with Gasteiger partial charge < -0.3 is 10.0 Å². The van der Waals surface area contributed by atoms with Gasteiger partial charge in [-0.2, -0.15) is 5.10 Å². The lowest BCUT2D eigenvalue weighted by Gasteiger charge is -2.23. The summed E-state index contributed by atoms with van der Waals surface area (Å²) in [5.74, 6) is -0.918. The summed E-state index contributed by atoms with van der Waals surface area (Å²) in [5, 5.41) is 15.7. The molecular weight excluding hydrogens is 246 g/mol. The number of aromatic nitrogens is 2. The van der Waals surface area contributed by atoms with Crippen LogP contribution in [0, 0.1) is 6.92 Å². The molecule has 0 aliphatic carbocycles. The Balaban J connectivity index is 2.91. The number of carboxylic acids is 1. The first-order valence-corrected chi connectivity index (χ1v) is 6.29. The third-order valence-corrected chi connectivity index (χ3v) is 3.28. The van der Waals surface area contributed by atoms with Gasteiger partial charge >= 0.3 is 5.97 Å². The number of amides is 1. The minimum Gasteiger partial charge on any atom is -0.481 e. The van der Waals surface area contributed by atoms with Gasteiger partial charge in [0, 0.05) is 24.3 Å². The lowest BCUT2D eigenvalue weighted by molar-refractivity contribution is -0.137. The van der Waals surface area contributed by atoms with Gasteiger partial charge in [-0.25, -0.2) is 0 Å². The maximum Gasteiger partial charge on any atom is 0.305 e. The van der Waals surface area contributed by atoms with Crippen LogP contribution in [0.4, 0.5) is 0 Å². The molecule has 19 heavy (non-hydrogen) atoms. The van der Waals surface area contributed by atoms with Crippen molar-refractivity contribution in [1.82, 2.24) is 15.1 Å². The number of nitrogens with one attached hydrogen (secondary N) is 1. The van der Waals surface area contributed by atoms with E-state index in [9.17, 15) is 9.59 Å². The predicted molar refractivity (Wildman–Crippen MR) is 71.2 cm³/mol. The summed E-state index contributed by atoms with van der Waals surface area (Å²) >= 11 is 0. The molecule has 6 heteroatoms. The first-order valence-electron chi connectivity index (χ1n) is 6.29. The van der Waals surface area contributed by atoms with Gasteiger partial charge in [0.2, 0.25) is 0 Å². The molecule has 0 aromatic carbocycles. The zero-order chi connectivity index (χ0) is 14.7. The van der Waals surface area contributed by atoms with Crippen molar-refractivity contribution in [3.8, 4) is 0 Å². The van der Waals surface area contributed by atoms with Crippen LogP contribution < -0.4 is 0 Å². The van der Waals surface area contributed by atoms with Crippen molar-refractivity contribution in [1.29, 1.82) is 0 Å². The maximum atomic E-state index is 12.3. The van der Waals surface area contributed by atoms with E-state index in [2.05, 4.69) is 10.2 Å². The number of rotatable bonds is 5. The second-order valence-corrected chi connectivity index (χ2v) is 5.13. The van der Waals surface area contributed by atoms with Crippen molar-refractivity contribution >= 4 is 11.9 Å². The number of carboxylic acid groups (broad SMARTS) is 1. The number of H-pyrrole nitrogens is 1. The summed E-state index contributed by atoms with van der Waals surface area (Å²) in [5.41, 5.74) is 2.13. The normalized spacial score (nSPS) is 12.5. The second-order valence-electron chi connectivity index (χ2n) is 5.13. The summed E-state index contributed by atoms with van der Waals surface area (Å²) in [6.07, 6.45) is -0.0806. The van der Waals surface area contributed by atoms with Gasteiger partial charge in [0.05, 0.1) is 6.42 Å². The summed E-state index contributed by atoms with van der Waals surface area (Å²) in [6, 6.07) is -0.372. The largest absolute Gasteiger partial charge is 0.481 e. The molecule has 0 bridgehead atoms. The quantitative estimate of drug-likeness (QED) is 0.851. The molecule has 1 rings (SSSR count). The number of hydrogen-bond donors (Lipinski definition) is 2. The fourth-order valence-corrected chi connectivity index (χ4v) is 1.94. The Morgan fingerprint density at radius 2 is 1.95 bits per heavy atom. The van der Waals surface area contributed by atoms with E-state index in [0.29, 0.717) is 5.69 Å². The predicted octanol–water partition coefficient (Wildman–Crippen LogP) is 1.78. The van der Waals surface area contributed by atoms with Gasteiger partial charge in [-0.1, -0.05) is 13.8 Å². The molecule has 1 aromatic heterocycles. The van der Waals surface area contributed by atoms with E-state index < -0.39 is 5.97 Å². The second kappa shape index (κ2) is 5.86. The highest BCUT2D eigenvalue weighted by Gasteiger charge is 2.24. The van der Waals surface area contributed by atoms with E-state index in [4.69, 9.17) is 5.11 Å². The minimum atomic E-state index is -0.922. The van der Waals surface area contributed by atoms with E-state index >= 15 is 0 Å². The molecule has 0 radical (unpaired) electrons. The van der Waals surface area contributed by atoms with Crippen molar-refractivity contribution in [2.75, 3.05) is 7.05 Å². The first kappa shape index (κ1) is 15.2. The van der Waals surface area contributed by atoms with Gasteiger partial charge in [-0.05, 0) is 19.8 Å². The number of carbonyl (C=O) groups is 2. The fraction of sp³-hybridized carbons (Fsp3) is 0.615. The molecule has 0 saturated carbocycles. The minimum absolute atomic E-state index is 0.0806. The summed E-state index contributed by atoms with van der Waals surface area (Å²) in [4.78, 5) is 24.4. The van der Waals surface area contributed by atoms with Crippen LogP contribution in [0.15, 0.2) is 0 Å². The molecule has 0 saturated heterocycles. The van der Waals surface area contributed by atoms with Crippen molar-refractivity contribution < 1.29 is 14.7 Å². The van der Waals surface area contributed by atoms with E-state index in [1.807, 2.05) is 20.8 Å². The fourth-order valence-electron chi connectivity index (χ4n) is 1.94. The van der Waals surface area contributed by atoms with Gasteiger partial charge in [-0.3, -0.25) is 14.7 Å². The first-order chi connectivity index (χ1) is 8.75. The highest BCUT2D eigenvalue weighted by Crippen LogP contribution is 2.20. The van der Waals surface area contributed by atoms with Crippen molar-refractivity contribution in [3.05, 3.63) is 17.0 Å². The summed E-state index contributed by atoms with van der Waals surface area (Å²) < 4.78 is 0. The van der Waals surface area contributed by atoms with E-state index in [-0.39, 0.29) is 24.3 Å².